The Labute approximate surface area is 397 Å². The van der Waals surface area contributed by atoms with Crippen LogP contribution in [0.15, 0.2) is 137 Å². The van der Waals surface area contributed by atoms with Crippen LogP contribution in [0.2, 0.25) is 0 Å². The van der Waals surface area contributed by atoms with Gasteiger partial charge in [0.15, 0.2) is 0 Å². The average molecular weight is 992 g/mol. The molecule has 6 rings (SSSR count). The van der Waals surface area contributed by atoms with Gasteiger partial charge in [0.25, 0.3) is 0 Å². The molecule has 0 heterocycles. The number of aliphatic hydroxyl groups is 6. The lowest BCUT2D eigenvalue weighted by Crippen LogP contribution is -1.99. The molecule has 0 aliphatic heterocycles. The van der Waals surface area contributed by atoms with Crippen LogP contribution < -0.4 is 0 Å². The molecule has 0 aliphatic rings. The maximum Gasteiger partial charge on any atom is 0.335 e. The van der Waals surface area contributed by atoms with E-state index in [-0.39, 0.29) is 63.8 Å². The molecule has 0 saturated heterocycles. The number of aromatic carboxylic acids is 3. The first-order valence-electron chi connectivity index (χ1n) is 19.6. The molecule has 0 atom stereocenters. The first kappa shape index (κ1) is 55.8. The molecular weight excluding hydrogens is 937 g/mol. The normalized spacial score (nSPS) is 10.2. The summed E-state index contributed by atoms with van der Waals surface area (Å²) >= 11 is 8.82. The van der Waals surface area contributed by atoms with Crippen molar-refractivity contribution in [3.05, 3.63) is 200 Å². The van der Waals surface area contributed by atoms with Gasteiger partial charge in [-0.15, -0.1) is 24.4 Å². The summed E-state index contributed by atoms with van der Waals surface area (Å²) in [7, 11) is 0. The molecule has 6 aromatic rings. The molecule has 0 aromatic heterocycles. The van der Waals surface area contributed by atoms with Crippen molar-refractivity contribution in [1.82, 2.24) is 0 Å². The number of halogens is 1. The van der Waals surface area contributed by atoms with E-state index in [0.29, 0.717) is 17.1 Å². The molecule has 0 saturated carbocycles. The second-order valence-corrected chi connectivity index (χ2v) is 16.2. The first-order chi connectivity index (χ1) is 30.7. The fourth-order valence-electron chi connectivity index (χ4n) is 6.04. The molecule has 0 aliphatic carbocycles. The second-order valence-electron chi connectivity index (χ2n) is 14.0. The third-order valence-electron chi connectivity index (χ3n) is 9.04. The van der Waals surface area contributed by atoms with Crippen LogP contribution in [0.25, 0.3) is 0 Å². The minimum Gasteiger partial charge on any atom is -0.478 e. The van der Waals surface area contributed by atoms with E-state index in [1.165, 1.54) is 23.9 Å². The first-order valence-corrected chi connectivity index (χ1v) is 22.2. The van der Waals surface area contributed by atoms with E-state index in [1.807, 2.05) is 48.5 Å². The van der Waals surface area contributed by atoms with Crippen molar-refractivity contribution in [2.45, 2.75) is 80.8 Å². The highest BCUT2D eigenvalue weighted by Gasteiger charge is 2.08. The van der Waals surface area contributed by atoms with Crippen molar-refractivity contribution >= 4 is 58.2 Å². The van der Waals surface area contributed by atoms with Crippen LogP contribution in [0, 0.1) is 0 Å². The molecule has 0 spiro atoms. The predicted molar refractivity (Wildman–Crippen MR) is 259 cm³/mol. The smallest absolute Gasteiger partial charge is 0.335 e. The Balaban J connectivity index is 0.000000310. The lowest BCUT2D eigenvalue weighted by molar-refractivity contribution is 0.0685. The predicted octanol–water partition coefficient (Wildman–Crippen LogP) is 8.69. The molecule has 12 nitrogen and oxygen atoms in total. The molecule has 9 N–H and O–H groups in total. The summed E-state index contributed by atoms with van der Waals surface area (Å²) in [5.74, 6) is -2.15. The quantitative estimate of drug-likeness (QED) is 0.0249. The molecule has 0 bridgehead atoms. The van der Waals surface area contributed by atoms with Gasteiger partial charge >= 0.3 is 17.9 Å². The van der Waals surface area contributed by atoms with Gasteiger partial charge in [0.2, 0.25) is 0 Å². The number of aryl methyl sites for hydroxylation is 2. The zero-order valence-corrected chi connectivity index (χ0v) is 38.0. The van der Waals surface area contributed by atoms with E-state index in [0.717, 1.165) is 72.3 Å². The third-order valence-corrected chi connectivity index (χ3v) is 11.0. The van der Waals surface area contributed by atoms with Gasteiger partial charge in [0, 0.05) is 20.9 Å². The van der Waals surface area contributed by atoms with Crippen LogP contribution in [0.5, 0.6) is 0 Å². The van der Waals surface area contributed by atoms with Crippen LogP contribution in [-0.4, -0.2) is 63.9 Å². The van der Waals surface area contributed by atoms with E-state index in [1.54, 1.807) is 66.7 Å². The van der Waals surface area contributed by atoms with E-state index in [9.17, 15) is 34.8 Å². The monoisotopic (exact) mass is 990 g/mol. The summed E-state index contributed by atoms with van der Waals surface area (Å²) in [6, 6.07) is 36.8. The summed E-state index contributed by atoms with van der Waals surface area (Å²) in [6.45, 7) is -0.216. The number of carboxylic acid groups (broad SMARTS) is 3. The van der Waals surface area contributed by atoms with Crippen LogP contribution in [-0.2, 0) is 63.6 Å². The van der Waals surface area contributed by atoms with Crippen molar-refractivity contribution < 1.29 is 60.3 Å². The van der Waals surface area contributed by atoms with Gasteiger partial charge in [0.05, 0.1) is 56.3 Å². The van der Waals surface area contributed by atoms with Crippen molar-refractivity contribution in [2.75, 3.05) is 0 Å². The Morgan fingerprint density at radius 2 is 0.785 bits per heavy atom. The maximum absolute atomic E-state index is 10.9. The van der Waals surface area contributed by atoms with E-state index >= 15 is 0 Å². The molecule has 65 heavy (non-hydrogen) atoms. The highest BCUT2D eigenvalue weighted by Crippen LogP contribution is 2.25. The number of thioether (sulfide) groups is 1. The summed E-state index contributed by atoms with van der Waals surface area (Å²) in [5.41, 5.74) is 9.61. The zero-order chi connectivity index (χ0) is 47.0. The van der Waals surface area contributed by atoms with Crippen molar-refractivity contribution in [1.29, 1.82) is 0 Å². The van der Waals surface area contributed by atoms with Gasteiger partial charge in [-0.25, -0.2) is 14.4 Å². The lowest BCUT2D eigenvalue weighted by Gasteiger charge is -2.08. The Morgan fingerprint density at radius 1 is 0.431 bits per heavy atom. The van der Waals surface area contributed by atoms with Gasteiger partial charge in [-0.3, -0.25) is 0 Å². The maximum atomic E-state index is 10.9. The van der Waals surface area contributed by atoms with Crippen LogP contribution in [0.3, 0.4) is 0 Å². The number of thiol groups is 1. The number of aliphatic hydroxyl groups excluding tert-OH is 6. The summed E-state index contributed by atoms with van der Waals surface area (Å²) in [5, 5.41) is 81.8. The molecular formula is C50H55BrO12S2. The fraction of sp³-hybridized carbons (Fsp3) is 0.220. The highest BCUT2D eigenvalue weighted by molar-refractivity contribution is 9.08. The second kappa shape index (κ2) is 30.0. The summed E-state index contributed by atoms with van der Waals surface area (Å²) < 4.78 is 0. The van der Waals surface area contributed by atoms with Crippen molar-refractivity contribution in [3.63, 3.8) is 0 Å². The number of carbonyl (C=O) groups is 3. The molecule has 0 radical (unpaired) electrons. The number of benzene rings is 6. The molecule has 0 amide bonds. The number of hydrogen-bond donors (Lipinski definition) is 10. The van der Waals surface area contributed by atoms with Crippen LogP contribution >= 0.6 is 40.3 Å². The van der Waals surface area contributed by atoms with Gasteiger partial charge < -0.3 is 46.0 Å². The van der Waals surface area contributed by atoms with Gasteiger partial charge in [-0.1, -0.05) is 102 Å². The van der Waals surface area contributed by atoms with Gasteiger partial charge in [-0.2, -0.15) is 0 Å². The Bertz CT molecular complexity index is 2230. The zero-order valence-electron chi connectivity index (χ0n) is 34.7. The Kier molecular flexibility index (Phi) is 25.7. The Hall–Kier alpha value is -5.33. The highest BCUT2D eigenvalue weighted by atomic mass is 79.9. The summed E-state index contributed by atoms with van der Waals surface area (Å²) in [4.78, 5) is 33.7. The van der Waals surface area contributed by atoms with Crippen LogP contribution in [0.4, 0.5) is 0 Å². The van der Waals surface area contributed by atoms with Crippen LogP contribution in [0.1, 0.15) is 94.1 Å². The minimum absolute atomic E-state index is 0. The Morgan fingerprint density at radius 3 is 1.18 bits per heavy atom. The standard InChI is InChI=1S/C17H18O4.C16H16O4S.C9H11BrO2.C7H6O2S.CH4/c18-10-14-6-13(7-15(8-14)11-19)5-4-12-2-1-3-16(9-12)17(20)21;17-8-11-4-12(9-18)6-13(5-11)10-21-15-3-1-2-14(7-15)16(19)20;10-4-7-1-8(5-11)3-9(2-7)6-12;8-7(9)5-2-1-3-6(10)4-5;/h1-3,6-9,18-19H,4-5,10-11H2,(H,20,21);1-7,17-18H,8-10H2,(H,19,20);1-3,11-12H,4-6H2;1-4,10H,(H,8,9);1H4. The molecule has 6 aromatic carbocycles. The van der Waals surface area contributed by atoms with E-state index in [4.69, 9.17) is 25.5 Å². The van der Waals surface area contributed by atoms with Crippen molar-refractivity contribution in [3.8, 4) is 0 Å². The SMILES string of the molecule is C.O=C(O)c1cccc(CCc2cc(CO)cc(CO)c2)c1.O=C(O)c1cccc(S)c1.O=C(O)c1cccc(SCc2cc(CO)cc(CO)c2)c1.OCc1cc(CO)cc(CBr)c1. The third kappa shape index (κ3) is 20.2. The molecule has 0 fully saturated rings. The topological polar surface area (TPSA) is 233 Å². The lowest BCUT2D eigenvalue weighted by atomic mass is 9.99. The number of rotatable bonds is 16. The van der Waals surface area contributed by atoms with Gasteiger partial charge in [0.1, 0.15) is 0 Å². The minimum atomic E-state index is -0.942. The molecule has 15 heteroatoms. The number of carboxylic acids is 3. The number of hydrogen-bond acceptors (Lipinski definition) is 11. The molecule has 346 valence electrons. The number of alkyl halides is 1. The van der Waals surface area contributed by atoms with E-state index in [2.05, 4.69) is 28.6 Å². The summed E-state index contributed by atoms with van der Waals surface area (Å²) in [6.07, 6.45) is 1.44. The van der Waals surface area contributed by atoms with Crippen molar-refractivity contribution in [2.24, 2.45) is 0 Å². The van der Waals surface area contributed by atoms with E-state index < -0.39 is 17.9 Å². The average Bonchev–Trinajstić information content (AvgIpc) is 3.32. The molecule has 0 unspecified atom stereocenters. The largest absolute Gasteiger partial charge is 0.478 e. The van der Waals surface area contributed by atoms with Gasteiger partial charge in [-0.05, 0) is 117 Å². The fourth-order valence-corrected chi connectivity index (χ4v) is 7.48.